The molecule has 1 aliphatic rings. The lowest BCUT2D eigenvalue weighted by Gasteiger charge is -2.11. The Bertz CT molecular complexity index is 694. The molecule has 0 bridgehead atoms. The number of aryl methyl sites for hydroxylation is 1. The summed E-state index contributed by atoms with van der Waals surface area (Å²) in [6.07, 6.45) is 0.841. The van der Waals surface area contributed by atoms with Gasteiger partial charge in [-0.05, 0) is 41.1 Å². The Labute approximate surface area is 132 Å². The lowest BCUT2D eigenvalue weighted by molar-refractivity contribution is 0.103. The zero-order valence-corrected chi connectivity index (χ0v) is 13.3. The Morgan fingerprint density at radius 3 is 2.52 bits per heavy atom. The normalized spacial score (nSPS) is 13.6. The van der Waals surface area contributed by atoms with Gasteiger partial charge in [-0.15, -0.1) is 0 Å². The number of ether oxygens (including phenoxy) is 2. The summed E-state index contributed by atoms with van der Waals surface area (Å²) >= 11 is 3.46. The first-order chi connectivity index (χ1) is 10.1. The fraction of sp³-hybridized carbons (Fsp3) is 0.235. The number of ketones is 1. The quantitative estimate of drug-likeness (QED) is 0.766. The van der Waals surface area contributed by atoms with Crippen molar-refractivity contribution < 1.29 is 14.3 Å². The lowest BCUT2D eigenvalue weighted by Crippen LogP contribution is -2.04. The molecule has 0 N–H and O–H groups in total. The SMILES string of the molecule is Cc1cccc(C(=O)c2cc3c(cc2Br)OCCCO3)c1. The average Bonchev–Trinajstić information content (AvgIpc) is 2.70. The molecule has 0 unspecified atom stereocenters. The summed E-state index contributed by atoms with van der Waals surface area (Å²) < 4.78 is 12.0. The molecular formula is C17H15BrO3. The lowest BCUT2D eigenvalue weighted by atomic mass is 10.0. The van der Waals surface area contributed by atoms with Crippen LogP contribution >= 0.6 is 15.9 Å². The predicted molar refractivity (Wildman–Crippen MR) is 84.4 cm³/mol. The smallest absolute Gasteiger partial charge is 0.194 e. The molecule has 2 aromatic rings. The van der Waals surface area contributed by atoms with Crippen LogP contribution in [0.15, 0.2) is 40.9 Å². The molecule has 108 valence electrons. The third-order valence-corrected chi connectivity index (χ3v) is 4.02. The van der Waals surface area contributed by atoms with E-state index in [1.54, 1.807) is 6.07 Å². The first kappa shape index (κ1) is 14.1. The molecule has 0 amide bonds. The van der Waals surface area contributed by atoms with E-state index in [0.29, 0.717) is 35.8 Å². The van der Waals surface area contributed by atoms with Crippen LogP contribution in [0.25, 0.3) is 0 Å². The van der Waals surface area contributed by atoms with Crippen molar-refractivity contribution in [3.8, 4) is 11.5 Å². The maximum absolute atomic E-state index is 12.7. The van der Waals surface area contributed by atoms with E-state index >= 15 is 0 Å². The number of hydrogen-bond acceptors (Lipinski definition) is 3. The van der Waals surface area contributed by atoms with E-state index < -0.39 is 0 Å². The summed E-state index contributed by atoms with van der Waals surface area (Å²) in [4.78, 5) is 12.7. The van der Waals surface area contributed by atoms with Crippen molar-refractivity contribution in [3.63, 3.8) is 0 Å². The van der Waals surface area contributed by atoms with Gasteiger partial charge in [0.1, 0.15) is 0 Å². The molecule has 1 aliphatic heterocycles. The molecule has 21 heavy (non-hydrogen) atoms. The van der Waals surface area contributed by atoms with Crippen molar-refractivity contribution in [2.75, 3.05) is 13.2 Å². The average molecular weight is 347 g/mol. The minimum absolute atomic E-state index is 0.0266. The highest BCUT2D eigenvalue weighted by atomic mass is 79.9. The number of rotatable bonds is 2. The van der Waals surface area contributed by atoms with Crippen molar-refractivity contribution in [3.05, 3.63) is 57.6 Å². The van der Waals surface area contributed by atoms with Crippen molar-refractivity contribution in [2.24, 2.45) is 0 Å². The van der Waals surface area contributed by atoms with Crippen LogP contribution in [0, 0.1) is 6.92 Å². The second-order valence-corrected chi connectivity index (χ2v) is 5.88. The Kier molecular flexibility index (Phi) is 3.97. The Morgan fingerprint density at radius 1 is 1.10 bits per heavy atom. The van der Waals surface area contributed by atoms with Gasteiger partial charge in [0.25, 0.3) is 0 Å². The van der Waals surface area contributed by atoms with Crippen molar-refractivity contribution in [2.45, 2.75) is 13.3 Å². The van der Waals surface area contributed by atoms with Gasteiger partial charge in [0.2, 0.25) is 0 Å². The Balaban J connectivity index is 2.02. The van der Waals surface area contributed by atoms with Crippen LogP contribution in [0.5, 0.6) is 11.5 Å². The van der Waals surface area contributed by atoms with Gasteiger partial charge in [-0.2, -0.15) is 0 Å². The fourth-order valence-corrected chi connectivity index (χ4v) is 2.80. The second kappa shape index (κ2) is 5.90. The fourth-order valence-electron chi connectivity index (χ4n) is 2.30. The van der Waals surface area contributed by atoms with Gasteiger partial charge in [0.15, 0.2) is 17.3 Å². The minimum atomic E-state index is -0.0266. The van der Waals surface area contributed by atoms with Crippen LogP contribution < -0.4 is 9.47 Å². The maximum atomic E-state index is 12.7. The number of carbonyl (C=O) groups is 1. The largest absolute Gasteiger partial charge is 0.490 e. The molecule has 0 spiro atoms. The molecule has 2 aromatic carbocycles. The summed E-state index contributed by atoms with van der Waals surface area (Å²) in [5.41, 5.74) is 2.32. The van der Waals surface area contributed by atoms with Gasteiger partial charge < -0.3 is 9.47 Å². The van der Waals surface area contributed by atoms with E-state index in [1.165, 1.54) is 0 Å². The highest BCUT2D eigenvalue weighted by Crippen LogP contribution is 2.36. The number of fused-ring (bicyclic) bond motifs is 1. The molecule has 0 saturated carbocycles. The van der Waals surface area contributed by atoms with Crippen molar-refractivity contribution in [1.29, 1.82) is 0 Å². The number of benzene rings is 2. The molecule has 0 atom stereocenters. The summed E-state index contributed by atoms with van der Waals surface area (Å²) in [5.74, 6) is 1.29. The summed E-state index contributed by atoms with van der Waals surface area (Å²) in [5, 5.41) is 0. The molecule has 0 saturated heterocycles. The van der Waals surface area contributed by atoms with Gasteiger partial charge in [-0.3, -0.25) is 4.79 Å². The zero-order chi connectivity index (χ0) is 14.8. The summed E-state index contributed by atoms with van der Waals surface area (Å²) in [7, 11) is 0. The predicted octanol–water partition coefficient (Wildman–Crippen LogP) is 4.15. The molecule has 3 nitrogen and oxygen atoms in total. The standard InChI is InChI=1S/C17H15BrO3/c1-11-4-2-5-12(8-11)17(19)13-9-15-16(10-14(13)18)21-7-3-6-20-15/h2,4-5,8-10H,3,6-7H2,1H3. The van der Waals surface area contributed by atoms with Gasteiger partial charge in [-0.1, -0.05) is 23.8 Å². The summed E-state index contributed by atoms with van der Waals surface area (Å²) in [6, 6.07) is 11.1. The number of halogens is 1. The van der Waals surface area contributed by atoms with E-state index in [1.807, 2.05) is 37.3 Å². The van der Waals surface area contributed by atoms with E-state index in [4.69, 9.17) is 9.47 Å². The zero-order valence-electron chi connectivity index (χ0n) is 11.7. The van der Waals surface area contributed by atoms with Crippen LogP contribution in [-0.2, 0) is 0 Å². The van der Waals surface area contributed by atoms with Gasteiger partial charge in [-0.25, -0.2) is 0 Å². The van der Waals surface area contributed by atoms with Crippen molar-refractivity contribution in [1.82, 2.24) is 0 Å². The van der Waals surface area contributed by atoms with Crippen LogP contribution in [0.4, 0.5) is 0 Å². The first-order valence-electron chi connectivity index (χ1n) is 6.85. The second-order valence-electron chi connectivity index (χ2n) is 5.03. The number of hydrogen-bond donors (Lipinski definition) is 0. The van der Waals surface area contributed by atoms with E-state index in [2.05, 4.69) is 15.9 Å². The summed E-state index contributed by atoms with van der Waals surface area (Å²) in [6.45, 7) is 3.21. The van der Waals surface area contributed by atoms with Crippen molar-refractivity contribution >= 4 is 21.7 Å². The van der Waals surface area contributed by atoms with Crippen LogP contribution in [0.3, 0.4) is 0 Å². The van der Waals surface area contributed by atoms with Gasteiger partial charge in [0, 0.05) is 22.0 Å². The van der Waals surface area contributed by atoms with Gasteiger partial charge in [0.05, 0.1) is 13.2 Å². The molecule has 0 aliphatic carbocycles. The minimum Gasteiger partial charge on any atom is -0.490 e. The third kappa shape index (κ3) is 2.95. The number of carbonyl (C=O) groups excluding carboxylic acids is 1. The van der Waals surface area contributed by atoms with E-state index in [9.17, 15) is 4.79 Å². The third-order valence-electron chi connectivity index (χ3n) is 3.36. The molecule has 3 rings (SSSR count). The van der Waals surface area contributed by atoms with E-state index in [-0.39, 0.29) is 5.78 Å². The first-order valence-corrected chi connectivity index (χ1v) is 7.65. The Morgan fingerprint density at radius 2 is 1.81 bits per heavy atom. The molecule has 0 fully saturated rings. The molecule has 0 aromatic heterocycles. The molecular weight excluding hydrogens is 332 g/mol. The highest BCUT2D eigenvalue weighted by molar-refractivity contribution is 9.10. The topological polar surface area (TPSA) is 35.5 Å². The molecule has 1 heterocycles. The highest BCUT2D eigenvalue weighted by Gasteiger charge is 2.19. The Hall–Kier alpha value is -1.81. The van der Waals surface area contributed by atoms with Crippen LogP contribution in [-0.4, -0.2) is 19.0 Å². The van der Waals surface area contributed by atoms with Gasteiger partial charge >= 0.3 is 0 Å². The van der Waals surface area contributed by atoms with Crippen LogP contribution in [0.1, 0.15) is 27.9 Å². The monoisotopic (exact) mass is 346 g/mol. The van der Waals surface area contributed by atoms with E-state index in [0.717, 1.165) is 16.5 Å². The maximum Gasteiger partial charge on any atom is 0.194 e. The molecule has 0 radical (unpaired) electrons. The van der Waals surface area contributed by atoms with Crippen LogP contribution in [0.2, 0.25) is 0 Å². The molecule has 4 heteroatoms.